The summed E-state index contributed by atoms with van der Waals surface area (Å²) >= 11 is 0. The Morgan fingerprint density at radius 1 is 1.61 bits per heavy atom. The van der Waals surface area contributed by atoms with E-state index < -0.39 is 10.0 Å². The molecule has 1 heterocycles. The number of aliphatic hydroxyl groups is 1. The molecule has 0 aliphatic carbocycles. The van der Waals surface area contributed by atoms with Crippen LogP contribution in [-0.2, 0) is 23.6 Å². The largest absolute Gasteiger partial charge is 0.395 e. The maximum Gasteiger partial charge on any atom is 0.244 e. The van der Waals surface area contributed by atoms with Gasteiger partial charge in [-0.05, 0) is 6.07 Å². The third kappa shape index (κ3) is 2.99. The van der Waals surface area contributed by atoms with Crippen molar-refractivity contribution in [3.8, 4) is 0 Å². The Morgan fingerprint density at radius 2 is 2.28 bits per heavy atom. The van der Waals surface area contributed by atoms with Crippen molar-refractivity contribution in [2.24, 2.45) is 12.8 Å². The fourth-order valence-electron chi connectivity index (χ4n) is 1.64. The molecular formula is C11H19N3O3S. The van der Waals surface area contributed by atoms with Crippen LogP contribution < -0.4 is 5.73 Å². The summed E-state index contributed by atoms with van der Waals surface area (Å²) < 4.78 is 27.5. The van der Waals surface area contributed by atoms with E-state index in [9.17, 15) is 8.42 Å². The van der Waals surface area contributed by atoms with Gasteiger partial charge in [0, 0.05) is 38.6 Å². The van der Waals surface area contributed by atoms with Crippen molar-refractivity contribution in [2.45, 2.75) is 11.4 Å². The molecule has 0 aliphatic heterocycles. The molecule has 0 amide bonds. The predicted octanol–water partition coefficient (Wildman–Crippen LogP) is -0.347. The summed E-state index contributed by atoms with van der Waals surface area (Å²) in [6.45, 7) is 3.76. The van der Waals surface area contributed by atoms with Crippen LogP contribution in [0.4, 0.5) is 0 Å². The molecule has 6 nitrogen and oxygen atoms in total. The lowest BCUT2D eigenvalue weighted by atomic mass is 10.4. The maximum atomic E-state index is 12.3. The molecule has 102 valence electrons. The van der Waals surface area contributed by atoms with Crippen LogP contribution in [0.3, 0.4) is 0 Å². The van der Waals surface area contributed by atoms with Crippen LogP contribution in [0.1, 0.15) is 5.69 Å². The van der Waals surface area contributed by atoms with Crippen molar-refractivity contribution in [1.82, 2.24) is 8.87 Å². The highest BCUT2D eigenvalue weighted by molar-refractivity contribution is 7.89. The lowest BCUT2D eigenvalue weighted by Crippen LogP contribution is -2.33. The van der Waals surface area contributed by atoms with Crippen molar-refractivity contribution in [2.75, 3.05) is 19.7 Å². The van der Waals surface area contributed by atoms with E-state index in [0.29, 0.717) is 0 Å². The second-order valence-corrected chi connectivity index (χ2v) is 5.80. The first kappa shape index (κ1) is 14.9. The SMILES string of the molecule is C=CCN(CCO)S(=O)(=O)c1cc(CN)n(C)c1. The van der Waals surface area contributed by atoms with Gasteiger partial charge in [0.2, 0.25) is 10.0 Å². The van der Waals surface area contributed by atoms with Crippen LogP contribution in [0.2, 0.25) is 0 Å². The van der Waals surface area contributed by atoms with Crippen molar-refractivity contribution in [3.05, 3.63) is 30.6 Å². The Bertz CT molecular complexity index is 508. The van der Waals surface area contributed by atoms with Crippen LogP contribution in [0.15, 0.2) is 29.8 Å². The van der Waals surface area contributed by atoms with Crippen molar-refractivity contribution >= 4 is 10.0 Å². The van der Waals surface area contributed by atoms with Gasteiger partial charge >= 0.3 is 0 Å². The first-order chi connectivity index (χ1) is 8.47. The van der Waals surface area contributed by atoms with E-state index in [1.54, 1.807) is 17.7 Å². The normalized spacial score (nSPS) is 12.0. The Hall–Kier alpha value is -1.15. The second-order valence-electron chi connectivity index (χ2n) is 3.86. The smallest absolute Gasteiger partial charge is 0.244 e. The van der Waals surface area contributed by atoms with Crippen molar-refractivity contribution in [1.29, 1.82) is 0 Å². The molecule has 3 N–H and O–H groups in total. The third-order valence-electron chi connectivity index (χ3n) is 2.61. The van der Waals surface area contributed by atoms with E-state index in [4.69, 9.17) is 10.8 Å². The van der Waals surface area contributed by atoms with Crippen LogP contribution >= 0.6 is 0 Å². The van der Waals surface area contributed by atoms with E-state index in [1.165, 1.54) is 16.6 Å². The summed E-state index contributed by atoms with van der Waals surface area (Å²) in [5.74, 6) is 0. The Labute approximate surface area is 107 Å². The van der Waals surface area contributed by atoms with Gasteiger partial charge in [-0.2, -0.15) is 4.31 Å². The number of aryl methyl sites for hydroxylation is 1. The summed E-state index contributed by atoms with van der Waals surface area (Å²) in [5.41, 5.74) is 6.25. The van der Waals surface area contributed by atoms with Gasteiger partial charge in [0.25, 0.3) is 0 Å². The van der Waals surface area contributed by atoms with Crippen LogP contribution in [0.5, 0.6) is 0 Å². The monoisotopic (exact) mass is 273 g/mol. The van der Waals surface area contributed by atoms with Gasteiger partial charge in [-0.3, -0.25) is 0 Å². The lowest BCUT2D eigenvalue weighted by Gasteiger charge is -2.18. The van der Waals surface area contributed by atoms with Crippen LogP contribution in [0.25, 0.3) is 0 Å². The van der Waals surface area contributed by atoms with Gasteiger partial charge < -0.3 is 15.4 Å². The lowest BCUT2D eigenvalue weighted by molar-refractivity contribution is 0.260. The van der Waals surface area contributed by atoms with Gasteiger partial charge in [0.05, 0.1) is 6.61 Å². The number of sulfonamides is 1. The molecule has 0 saturated heterocycles. The molecular weight excluding hydrogens is 254 g/mol. The molecule has 0 atom stereocenters. The molecule has 7 heteroatoms. The average molecular weight is 273 g/mol. The number of hydrogen-bond acceptors (Lipinski definition) is 4. The fraction of sp³-hybridized carbons (Fsp3) is 0.455. The summed E-state index contributed by atoms with van der Waals surface area (Å²) in [6, 6.07) is 1.54. The van der Waals surface area contributed by atoms with Gasteiger partial charge in [0.1, 0.15) is 4.90 Å². The third-order valence-corrected chi connectivity index (χ3v) is 4.44. The minimum absolute atomic E-state index is 0.0429. The first-order valence-corrected chi connectivity index (χ1v) is 6.98. The molecule has 18 heavy (non-hydrogen) atoms. The summed E-state index contributed by atoms with van der Waals surface area (Å²) in [6.07, 6.45) is 3.00. The Morgan fingerprint density at radius 3 is 2.72 bits per heavy atom. The van der Waals surface area contributed by atoms with Crippen LogP contribution in [0, 0.1) is 0 Å². The van der Waals surface area contributed by atoms with E-state index in [1.807, 2.05) is 0 Å². The predicted molar refractivity (Wildman–Crippen MR) is 69.3 cm³/mol. The highest BCUT2D eigenvalue weighted by atomic mass is 32.2. The molecule has 1 aromatic rings. The summed E-state index contributed by atoms with van der Waals surface area (Å²) in [4.78, 5) is 0.181. The molecule has 0 spiro atoms. The molecule has 0 unspecified atom stereocenters. The highest BCUT2D eigenvalue weighted by Crippen LogP contribution is 2.18. The number of hydrogen-bond donors (Lipinski definition) is 2. The molecule has 0 radical (unpaired) electrons. The minimum atomic E-state index is -3.61. The van der Waals surface area contributed by atoms with Crippen molar-refractivity contribution < 1.29 is 13.5 Å². The second kappa shape index (κ2) is 6.14. The highest BCUT2D eigenvalue weighted by Gasteiger charge is 2.24. The first-order valence-electron chi connectivity index (χ1n) is 5.54. The number of aromatic nitrogens is 1. The van der Waals surface area contributed by atoms with Gasteiger partial charge in [-0.1, -0.05) is 6.08 Å². The molecule has 0 fully saturated rings. The zero-order chi connectivity index (χ0) is 13.8. The zero-order valence-corrected chi connectivity index (χ0v) is 11.2. The van der Waals surface area contributed by atoms with E-state index in [0.717, 1.165) is 5.69 Å². The molecule has 1 rings (SSSR count). The quantitative estimate of drug-likeness (QED) is 0.665. The molecule has 0 saturated carbocycles. The fourth-order valence-corrected chi connectivity index (χ4v) is 3.13. The van der Waals surface area contributed by atoms with E-state index in [2.05, 4.69) is 6.58 Å². The topological polar surface area (TPSA) is 88.6 Å². The zero-order valence-electron chi connectivity index (χ0n) is 10.4. The van der Waals surface area contributed by atoms with Crippen LogP contribution in [-0.4, -0.2) is 42.1 Å². The molecule has 1 aromatic heterocycles. The average Bonchev–Trinajstić information content (AvgIpc) is 2.71. The Balaban J connectivity index is 3.12. The van der Waals surface area contributed by atoms with Gasteiger partial charge in [0.15, 0.2) is 0 Å². The van der Waals surface area contributed by atoms with E-state index in [-0.39, 0.29) is 31.1 Å². The summed E-state index contributed by atoms with van der Waals surface area (Å²) in [7, 11) is -1.87. The number of nitrogens with two attached hydrogens (primary N) is 1. The molecule has 0 aliphatic rings. The van der Waals surface area contributed by atoms with Gasteiger partial charge in [-0.25, -0.2) is 8.42 Å². The standard InChI is InChI=1S/C11H19N3O3S/c1-3-4-14(5-6-15)18(16,17)11-7-10(8-12)13(2)9-11/h3,7,9,15H,1,4-6,8,12H2,2H3. The Kier molecular flexibility index (Phi) is 5.09. The summed E-state index contributed by atoms with van der Waals surface area (Å²) in [5, 5.41) is 8.91. The van der Waals surface area contributed by atoms with Gasteiger partial charge in [-0.15, -0.1) is 6.58 Å². The number of aliphatic hydroxyl groups excluding tert-OH is 1. The number of nitrogens with zero attached hydrogens (tertiary/aromatic N) is 2. The maximum absolute atomic E-state index is 12.3. The number of rotatable bonds is 7. The van der Waals surface area contributed by atoms with E-state index >= 15 is 0 Å². The minimum Gasteiger partial charge on any atom is -0.395 e. The molecule has 0 aromatic carbocycles. The van der Waals surface area contributed by atoms with Crippen molar-refractivity contribution in [3.63, 3.8) is 0 Å². The molecule has 0 bridgehead atoms.